The molecule has 0 radical (unpaired) electrons. The van der Waals surface area contributed by atoms with Crippen LogP contribution in [0.25, 0.3) is 0 Å². The van der Waals surface area contributed by atoms with Crippen LogP contribution in [-0.2, 0) is 10.0 Å². The van der Waals surface area contributed by atoms with E-state index in [2.05, 4.69) is 0 Å². The van der Waals surface area contributed by atoms with E-state index in [9.17, 15) is 8.42 Å². The maximum Gasteiger partial charge on any atom is 0.244 e. The lowest BCUT2D eigenvalue weighted by molar-refractivity contribution is 0.243. The lowest BCUT2D eigenvalue weighted by Crippen LogP contribution is -2.45. The van der Waals surface area contributed by atoms with Gasteiger partial charge >= 0.3 is 0 Å². The quantitative estimate of drug-likeness (QED) is 0.909. The molecule has 7 heteroatoms. The van der Waals surface area contributed by atoms with Crippen LogP contribution in [0.1, 0.15) is 25.3 Å². The topological polar surface area (TPSA) is 63.4 Å². The molecule has 0 aromatic heterocycles. The maximum absolute atomic E-state index is 12.7. The third-order valence-electron chi connectivity index (χ3n) is 3.87. The molecule has 120 valence electrons. The van der Waals surface area contributed by atoms with Crippen molar-refractivity contribution in [1.29, 1.82) is 0 Å². The number of piperidine rings is 1. The number of benzene rings is 1. The number of sulfonamides is 1. The van der Waals surface area contributed by atoms with Crippen LogP contribution in [0.5, 0.6) is 0 Å². The van der Waals surface area contributed by atoms with Gasteiger partial charge in [-0.1, -0.05) is 17.7 Å². The number of aryl methyl sites for hydroxylation is 1. The average Bonchev–Trinajstić information content (AvgIpc) is 2.38. The summed E-state index contributed by atoms with van der Waals surface area (Å²) in [6, 6.07) is 5.04. The fourth-order valence-corrected chi connectivity index (χ4v) is 4.68. The SMILES string of the molecule is Cc1ccc(S(=O)(=O)N2CCCC(C(C)N)C2)c(Cl)c1.Cl. The standard InChI is InChI=1S/C14H21ClN2O2S.ClH/c1-10-5-6-14(13(15)8-10)20(18,19)17-7-3-4-12(9-17)11(2)16;/h5-6,8,11-12H,3-4,7,9,16H2,1-2H3;1H. The van der Waals surface area contributed by atoms with E-state index < -0.39 is 10.0 Å². The van der Waals surface area contributed by atoms with Crippen LogP contribution in [0.3, 0.4) is 0 Å². The van der Waals surface area contributed by atoms with Crippen LogP contribution in [0, 0.1) is 12.8 Å². The molecule has 2 unspecified atom stereocenters. The van der Waals surface area contributed by atoms with E-state index in [1.54, 1.807) is 18.2 Å². The van der Waals surface area contributed by atoms with E-state index in [-0.39, 0.29) is 34.3 Å². The van der Waals surface area contributed by atoms with E-state index >= 15 is 0 Å². The van der Waals surface area contributed by atoms with Gasteiger partial charge in [-0.25, -0.2) is 8.42 Å². The van der Waals surface area contributed by atoms with Gasteiger partial charge in [0.1, 0.15) is 4.90 Å². The predicted octanol–water partition coefficient (Wildman–Crippen LogP) is 2.82. The van der Waals surface area contributed by atoms with Crippen molar-refractivity contribution in [3.63, 3.8) is 0 Å². The second-order valence-electron chi connectivity index (χ2n) is 5.56. The summed E-state index contributed by atoms with van der Waals surface area (Å²) in [5.74, 6) is 0.211. The lowest BCUT2D eigenvalue weighted by atomic mass is 9.93. The van der Waals surface area contributed by atoms with Gasteiger partial charge in [0.2, 0.25) is 10.0 Å². The van der Waals surface area contributed by atoms with Crippen molar-refractivity contribution in [2.24, 2.45) is 11.7 Å². The van der Waals surface area contributed by atoms with Gasteiger partial charge in [0.25, 0.3) is 0 Å². The van der Waals surface area contributed by atoms with E-state index in [4.69, 9.17) is 17.3 Å². The van der Waals surface area contributed by atoms with Gasteiger partial charge in [0, 0.05) is 19.1 Å². The molecule has 21 heavy (non-hydrogen) atoms. The first kappa shape index (κ1) is 18.7. The largest absolute Gasteiger partial charge is 0.328 e. The van der Waals surface area contributed by atoms with Gasteiger partial charge in [-0.15, -0.1) is 12.4 Å². The molecule has 0 spiro atoms. The Morgan fingerprint density at radius 1 is 1.43 bits per heavy atom. The third-order valence-corrected chi connectivity index (χ3v) is 6.22. The van der Waals surface area contributed by atoms with Crippen LogP contribution in [0.2, 0.25) is 5.02 Å². The summed E-state index contributed by atoms with van der Waals surface area (Å²) in [6.45, 7) is 4.83. The van der Waals surface area contributed by atoms with E-state index in [1.165, 1.54) is 4.31 Å². The molecule has 4 nitrogen and oxygen atoms in total. The highest BCUT2D eigenvalue weighted by Gasteiger charge is 2.32. The molecule has 1 aromatic rings. The second kappa shape index (κ2) is 7.29. The molecule has 1 aromatic carbocycles. The molecule has 0 bridgehead atoms. The summed E-state index contributed by atoms with van der Waals surface area (Å²) < 4.78 is 26.9. The smallest absolute Gasteiger partial charge is 0.244 e. The highest BCUT2D eigenvalue weighted by atomic mass is 35.5. The third kappa shape index (κ3) is 4.11. The van der Waals surface area contributed by atoms with Crippen LogP contribution in [0.15, 0.2) is 23.1 Å². The summed E-state index contributed by atoms with van der Waals surface area (Å²) in [7, 11) is -3.53. The Bertz CT molecular complexity index is 591. The fraction of sp³-hybridized carbons (Fsp3) is 0.571. The van der Waals surface area contributed by atoms with Crippen LogP contribution < -0.4 is 5.73 Å². The van der Waals surface area contributed by atoms with Crippen molar-refractivity contribution in [2.45, 2.75) is 37.6 Å². The molecule has 2 rings (SSSR count). The average molecular weight is 353 g/mol. The molecule has 2 N–H and O–H groups in total. The Balaban J connectivity index is 0.00000220. The molecule has 0 amide bonds. The van der Waals surface area contributed by atoms with Crippen LogP contribution in [0.4, 0.5) is 0 Å². The van der Waals surface area contributed by atoms with Crippen LogP contribution in [-0.4, -0.2) is 31.9 Å². The molecule has 0 aliphatic carbocycles. The Labute approximate surface area is 138 Å². The predicted molar refractivity (Wildman–Crippen MR) is 88.6 cm³/mol. The molecule has 1 heterocycles. The van der Waals surface area contributed by atoms with Gasteiger partial charge in [0.15, 0.2) is 0 Å². The zero-order valence-corrected chi connectivity index (χ0v) is 14.6. The summed E-state index contributed by atoms with van der Waals surface area (Å²) in [5.41, 5.74) is 6.86. The summed E-state index contributed by atoms with van der Waals surface area (Å²) in [6.07, 6.45) is 1.82. The molecule has 2 atom stereocenters. The second-order valence-corrected chi connectivity index (χ2v) is 7.87. The highest BCUT2D eigenvalue weighted by molar-refractivity contribution is 7.89. The highest BCUT2D eigenvalue weighted by Crippen LogP contribution is 2.29. The first-order valence-electron chi connectivity index (χ1n) is 6.84. The number of halogens is 2. The molecule has 1 saturated heterocycles. The molecule has 1 aliphatic rings. The van der Waals surface area contributed by atoms with Gasteiger partial charge in [-0.3, -0.25) is 0 Å². The first-order valence-corrected chi connectivity index (χ1v) is 8.66. The van der Waals surface area contributed by atoms with E-state index in [1.807, 2.05) is 13.8 Å². The van der Waals surface area contributed by atoms with E-state index in [0.29, 0.717) is 13.1 Å². The number of hydrogen-bond donors (Lipinski definition) is 1. The van der Waals surface area contributed by atoms with Crippen molar-refractivity contribution < 1.29 is 8.42 Å². The zero-order chi connectivity index (χ0) is 14.9. The Morgan fingerprint density at radius 2 is 2.10 bits per heavy atom. The molecule has 1 aliphatic heterocycles. The Hall–Kier alpha value is -0.330. The summed E-state index contributed by atoms with van der Waals surface area (Å²) >= 11 is 6.10. The van der Waals surface area contributed by atoms with Crippen molar-refractivity contribution in [3.05, 3.63) is 28.8 Å². The minimum Gasteiger partial charge on any atom is -0.328 e. The normalized spacial score (nSPS) is 21.6. The number of hydrogen-bond acceptors (Lipinski definition) is 3. The van der Waals surface area contributed by atoms with Crippen molar-refractivity contribution in [2.75, 3.05) is 13.1 Å². The minimum absolute atomic E-state index is 0. The molecule has 0 saturated carbocycles. The number of nitrogens with two attached hydrogens (primary N) is 1. The summed E-state index contributed by atoms with van der Waals surface area (Å²) in [5, 5.41) is 0.285. The van der Waals surface area contributed by atoms with Crippen molar-refractivity contribution in [1.82, 2.24) is 4.31 Å². The van der Waals surface area contributed by atoms with Gasteiger partial charge in [0.05, 0.1) is 5.02 Å². The monoisotopic (exact) mass is 352 g/mol. The molecular weight excluding hydrogens is 331 g/mol. The number of nitrogens with zero attached hydrogens (tertiary/aromatic N) is 1. The van der Waals surface area contributed by atoms with Gasteiger partial charge < -0.3 is 5.73 Å². The van der Waals surface area contributed by atoms with Crippen LogP contribution >= 0.6 is 24.0 Å². The first-order chi connectivity index (χ1) is 9.32. The Morgan fingerprint density at radius 3 is 2.67 bits per heavy atom. The molecular formula is C14H22Cl2N2O2S. The zero-order valence-electron chi connectivity index (χ0n) is 12.3. The summed E-state index contributed by atoms with van der Waals surface area (Å²) in [4.78, 5) is 0.190. The van der Waals surface area contributed by atoms with Crippen molar-refractivity contribution >= 4 is 34.0 Å². The van der Waals surface area contributed by atoms with Crippen molar-refractivity contribution in [3.8, 4) is 0 Å². The lowest BCUT2D eigenvalue weighted by Gasteiger charge is -2.33. The fourth-order valence-electron chi connectivity index (χ4n) is 2.58. The van der Waals surface area contributed by atoms with Gasteiger partial charge in [-0.2, -0.15) is 4.31 Å². The van der Waals surface area contributed by atoms with E-state index in [0.717, 1.165) is 18.4 Å². The number of rotatable bonds is 3. The molecule has 1 fully saturated rings. The van der Waals surface area contributed by atoms with Gasteiger partial charge in [-0.05, 0) is 50.3 Å². The maximum atomic E-state index is 12.7. The minimum atomic E-state index is -3.53. The Kier molecular flexibility index (Phi) is 6.50.